The molecule has 0 fully saturated rings. The summed E-state index contributed by atoms with van der Waals surface area (Å²) in [5.74, 6) is 0.562. The van der Waals surface area contributed by atoms with Crippen LogP contribution in [0.25, 0.3) is 0 Å². The van der Waals surface area contributed by atoms with Crippen LogP contribution in [0.1, 0.15) is 20.3 Å². The van der Waals surface area contributed by atoms with Gasteiger partial charge < -0.3 is 5.73 Å². The molecular formula is C5H13N2. The van der Waals surface area contributed by atoms with Gasteiger partial charge in [0.25, 0.3) is 0 Å². The molecule has 0 rings (SSSR count). The fourth-order valence-electron chi connectivity index (χ4n) is 0.508. The summed E-state index contributed by atoms with van der Waals surface area (Å²) in [4.78, 5) is 0. The zero-order valence-corrected chi connectivity index (χ0v) is 4.94. The third-order valence-corrected chi connectivity index (χ3v) is 0.725. The molecule has 0 aliphatic rings. The second kappa shape index (κ2) is 2.99. The molecule has 1 atom stereocenters. The van der Waals surface area contributed by atoms with Crippen molar-refractivity contribution in [2.75, 3.05) is 0 Å². The predicted molar refractivity (Wildman–Crippen MR) is 30.5 cm³/mol. The van der Waals surface area contributed by atoms with Gasteiger partial charge in [-0.05, 0) is 12.3 Å². The maximum Gasteiger partial charge on any atom is 0.0682 e. The standard InChI is InChI=1S/C5H13N2/c1-4(2)3-5(6)7/h4-6H,3,7H2,1-2H3. The molecule has 2 nitrogen and oxygen atoms in total. The zero-order chi connectivity index (χ0) is 5.86. The average Bonchev–Trinajstić information content (AvgIpc) is 1.27. The van der Waals surface area contributed by atoms with Gasteiger partial charge in [0.2, 0.25) is 0 Å². The molecule has 0 aromatic rings. The molecule has 0 saturated heterocycles. The lowest BCUT2D eigenvalue weighted by atomic mass is 10.1. The van der Waals surface area contributed by atoms with Crippen LogP contribution in [-0.2, 0) is 0 Å². The fraction of sp³-hybridized carbons (Fsp3) is 1.00. The Balaban J connectivity index is 2.95. The predicted octanol–water partition coefficient (Wildman–Crippen LogP) is 0.600. The first kappa shape index (κ1) is 6.92. The molecule has 0 aliphatic heterocycles. The van der Waals surface area contributed by atoms with Crippen molar-refractivity contribution in [2.45, 2.75) is 26.4 Å². The monoisotopic (exact) mass is 101 g/mol. The molecule has 0 aliphatic carbocycles. The molecule has 0 amide bonds. The van der Waals surface area contributed by atoms with Crippen LogP contribution in [0.2, 0.25) is 0 Å². The van der Waals surface area contributed by atoms with Gasteiger partial charge in [0.15, 0.2) is 0 Å². The van der Waals surface area contributed by atoms with Gasteiger partial charge in [0, 0.05) is 0 Å². The Morgan fingerprint density at radius 1 is 1.57 bits per heavy atom. The Kier molecular flexibility index (Phi) is 2.96. The molecule has 0 bridgehead atoms. The van der Waals surface area contributed by atoms with Crippen molar-refractivity contribution in [3.63, 3.8) is 0 Å². The molecular weight excluding hydrogens is 88.1 g/mol. The Labute approximate surface area is 44.9 Å². The van der Waals surface area contributed by atoms with Crippen LogP contribution in [0, 0.1) is 5.92 Å². The van der Waals surface area contributed by atoms with Crippen molar-refractivity contribution < 1.29 is 0 Å². The second-order valence-corrected chi connectivity index (χ2v) is 2.24. The van der Waals surface area contributed by atoms with Gasteiger partial charge in [-0.3, -0.25) is 0 Å². The highest BCUT2D eigenvalue weighted by atomic mass is 14.8. The summed E-state index contributed by atoms with van der Waals surface area (Å²) in [6, 6.07) is 0. The largest absolute Gasteiger partial charge is 0.315 e. The van der Waals surface area contributed by atoms with E-state index in [9.17, 15) is 0 Å². The Bertz CT molecular complexity index is 35.3. The lowest BCUT2D eigenvalue weighted by molar-refractivity contribution is 0.497. The first-order valence-corrected chi connectivity index (χ1v) is 2.59. The van der Waals surface area contributed by atoms with E-state index in [2.05, 4.69) is 13.8 Å². The van der Waals surface area contributed by atoms with Gasteiger partial charge in [-0.1, -0.05) is 13.8 Å². The van der Waals surface area contributed by atoms with Crippen LogP contribution >= 0.6 is 0 Å². The summed E-state index contributed by atoms with van der Waals surface area (Å²) in [6.45, 7) is 4.13. The van der Waals surface area contributed by atoms with Crippen LogP contribution < -0.4 is 11.5 Å². The molecule has 0 aromatic heterocycles. The lowest BCUT2D eigenvalue weighted by Gasteiger charge is -2.04. The van der Waals surface area contributed by atoms with Crippen LogP contribution in [0.3, 0.4) is 0 Å². The fourth-order valence-corrected chi connectivity index (χ4v) is 0.508. The SMILES string of the molecule is CC(C)CC([NH])N. The molecule has 1 unspecified atom stereocenters. The van der Waals surface area contributed by atoms with E-state index < -0.39 is 0 Å². The van der Waals surface area contributed by atoms with Crippen LogP contribution in [-0.4, -0.2) is 6.17 Å². The van der Waals surface area contributed by atoms with Gasteiger partial charge in [0.05, 0.1) is 6.17 Å². The zero-order valence-electron chi connectivity index (χ0n) is 4.94. The maximum absolute atomic E-state index is 6.89. The van der Waals surface area contributed by atoms with Gasteiger partial charge in [-0.25, -0.2) is 5.73 Å². The Morgan fingerprint density at radius 3 is 2.00 bits per heavy atom. The molecule has 0 heterocycles. The van der Waals surface area contributed by atoms with Crippen molar-refractivity contribution in [3.8, 4) is 0 Å². The van der Waals surface area contributed by atoms with E-state index in [0.717, 1.165) is 6.42 Å². The smallest absolute Gasteiger partial charge is 0.0682 e. The molecule has 3 N–H and O–H groups in total. The molecule has 0 saturated carbocycles. The van der Waals surface area contributed by atoms with E-state index >= 15 is 0 Å². The van der Waals surface area contributed by atoms with Crippen LogP contribution in [0.4, 0.5) is 0 Å². The maximum atomic E-state index is 6.89. The summed E-state index contributed by atoms with van der Waals surface area (Å²) in [5, 5.41) is 0. The second-order valence-electron chi connectivity index (χ2n) is 2.24. The van der Waals surface area contributed by atoms with E-state index in [0.29, 0.717) is 5.92 Å². The minimum absolute atomic E-state index is 0.375. The summed E-state index contributed by atoms with van der Waals surface area (Å²) in [7, 11) is 0. The highest BCUT2D eigenvalue weighted by molar-refractivity contribution is 4.52. The third-order valence-electron chi connectivity index (χ3n) is 0.725. The van der Waals surface area contributed by atoms with Crippen LogP contribution in [0.15, 0.2) is 0 Å². The average molecular weight is 101 g/mol. The molecule has 1 radical (unpaired) electrons. The Morgan fingerprint density at radius 2 is 2.00 bits per heavy atom. The van der Waals surface area contributed by atoms with Crippen molar-refractivity contribution in [1.82, 2.24) is 5.73 Å². The summed E-state index contributed by atoms with van der Waals surface area (Å²) < 4.78 is 0. The van der Waals surface area contributed by atoms with Gasteiger partial charge in [-0.2, -0.15) is 0 Å². The molecule has 43 valence electrons. The Hall–Kier alpha value is -0.0800. The number of nitrogens with one attached hydrogen (secondary N) is 1. The minimum Gasteiger partial charge on any atom is -0.315 e. The number of nitrogens with two attached hydrogens (primary N) is 1. The quantitative estimate of drug-likeness (QED) is 0.544. The van der Waals surface area contributed by atoms with Crippen LogP contribution in [0.5, 0.6) is 0 Å². The topological polar surface area (TPSA) is 49.8 Å². The van der Waals surface area contributed by atoms with Crippen molar-refractivity contribution in [1.29, 1.82) is 0 Å². The van der Waals surface area contributed by atoms with Crippen molar-refractivity contribution in [2.24, 2.45) is 11.7 Å². The summed E-state index contributed by atoms with van der Waals surface area (Å²) in [6.07, 6.45) is 0.431. The molecule has 2 heteroatoms. The highest BCUT2D eigenvalue weighted by Gasteiger charge is 1.96. The third kappa shape index (κ3) is 5.92. The van der Waals surface area contributed by atoms with E-state index in [-0.39, 0.29) is 6.17 Å². The van der Waals surface area contributed by atoms with Gasteiger partial charge in [0.1, 0.15) is 0 Å². The van der Waals surface area contributed by atoms with Crippen molar-refractivity contribution >= 4 is 0 Å². The summed E-state index contributed by atoms with van der Waals surface area (Å²) in [5.41, 5.74) is 12.0. The summed E-state index contributed by atoms with van der Waals surface area (Å²) >= 11 is 0. The van der Waals surface area contributed by atoms with Gasteiger partial charge in [-0.15, -0.1) is 0 Å². The first-order chi connectivity index (χ1) is 3.13. The molecule has 0 spiro atoms. The number of rotatable bonds is 2. The molecule has 7 heavy (non-hydrogen) atoms. The van der Waals surface area contributed by atoms with Crippen molar-refractivity contribution in [3.05, 3.63) is 0 Å². The number of hydrogen-bond donors (Lipinski definition) is 1. The van der Waals surface area contributed by atoms with E-state index in [1.165, 1.54) is 0 Å². The number of hydrogen-bond acceptors (Lipinski definition) is 1. The highest BCUT2D eigenvalue weighted by Crippen LogP contribution is 1.98. The van der Waals surface area contributed by atoms with E-state index in [1.54, 1.807) is 0 Å². The first-order valence-electron chi connectivity index (χ1n) is 2.59. The normalized spacial score (nSPS) is 11.1. The minimum atomic E-state index is -0.375. The van der Waals surface area contributed by atoms with E-state index in [1.807, 2.05) is 0 Å². The van der Waals surface area contributed by atoms with E-state index in [4.69, 9.17) is 11.5 Å². The lowest BCUT2D eigenvalue weighted by Crippen LogP contribution is -2.22. The molecule has 0 aromatic carbocycles. The van der Waals surface area contributed by atoms with Gasteiger partial charge >= 0.3 is 0 Å².